The molecule has 0 atom stereocenters. The van der Waals surface area contributed by atoms with E-state index in [9.17, 15) is 8.42 Å². The second-order valence-electron chi connectivity index (χ2n) is 5.03. The molecule has 20 heavy (non-hydrogen) atoms. The number of rotatable bonds is 5. The number of halogens is 1. The predicted octanol–water partition coefficient (Wildman–Crippen LogP) is 2.14. The van der Waals surface area contributed by atoms with Crippen LogP contribution < -0.4 is 9.62 Å². The van der Waals surface area contributed by atoms with Crippen molar-refractivity contribution in [3.8, 4) is 0 Å². The van der Waals surface area contributed by atoms with Gasteiger partial charge in [-0.3, -0.25) is 0 Å². The molecule has 2 rings (SSSR count). The van der Waals surface area contributed by atoms with Gasteiger partial charge in [-0.15, -0.1) is 0 Å². The molecule has 0 saturated carbocycles. The topological polar surface area (TPSA) is 62.3 Å². The summed E-state index contributed by atoms with van der Waals surface area (Å²) in [5.41, 5.74) is 0. The molecule has 1 saturated heterocycles. The van der Waals surface area contributed by atoms with Gasteiger partial charge in [-0.25, -0.2) is 18.1 Å². The molecule has 1 aliphatic heterocycles. The van der Waals surface area contributed by atoms with Crippen molar-refractivity contribution in [1.29, 1.82) is 0 Å². The van der Waals surface area contributed by atoms with Crippen LogP contribution in [0.2, 0.25) is 0 Å². The largest absolute Gasteiger partial charge is 0.357 e. The van der Waals surface area contributed by atoms with Crippen LogP contribution in [-0.2, 0) is 10.0 Å². The van der Waals surface area contributed by atoms with E-state index in [4.69, 9.17) is 0 Å². The molecule has 1 fully saturated rings. The standard InChI is InChI=1S/C13H20BrN3O2S/c1-2-9-20(18,19)16-12-5-7-17(8-6-12)13-4-3-11(14)10-15-13/h3-4,10,12,16H,2,5-9H2,1H3. The molecule has 112 valence electrons. The van der Waals surface area contributed by atoms with Gasteiger partial charge in [0, 0.05) is 29.8 Å². The van der Waals surface area contributed by atoms with E-state index in [2.05, 4.69) is 30.5 Å². The Kier molecular flexibility index (Phi) is 5.40. The Hall–Kier alpha value is -0.660. The normalized spacial score (nSPS) is 17.4. The average Bonchev–Trinajstić information content (AvgIpc) is 2.40. The quantitative estimate of drug-likeness (QED) is 0.872. The Bertz CT molecular complexity index is 525. The zero-order valence-electron chi connectivity index (χ0n) is 11.5. The van der Waals surface area contributed by atoms with E-state index in [0.29, 0.717) is 6.42 Å². The van der Waals surface area contributed by atoms with Gasteiger partial charge in [-0.05, 0) is 47.3 Å². The number of piperidine rings is 1. The lowest BCUT2D eigenvalue weighted by Crippen LogP contribution is -2.45. The van der Waals surface area contributed by atoms with E-state index in [1.807, 2.05) is 19.1 Å². The number of nitrogens with zero attached hydrogens (tertiary/aromatic N) is 2. The smallest absolute Gasteiger partial charge is 0.211 e. The molecule has 1 aliphatic rings. The van der Waals surface area contributed by atoms with Gasteiger partial charge in [0.25, 0.3) is 0 Å². The summed E-state index contributed by atoms with van der Waals surface area (Å²) in [4.78, 5) is 6.56. The van der Waals surface area contributed by atoms with Crippen molar-refractivity contribution < 1.29 is 8.42 Å². The van der Waals surface area contributed by atoms with Crippen LogP contribution >= 0.6 is 15.9 Å². The predicted molar refractivity (Wildman–Crippen MR) is 84.4 cm³/mol. The highest BCUT2D eigenvalue weighted by Gasteiger charge is 2.23. The zero-order chi connectivity index (χ0) is 14.6. The van der Waals surface area contributed by atoms with Gasteiger partial charge in [0.15, 0.2) is 0 Å². The number of nitrogens with one attached hydrogen (secondary N) is 1. The summed E-state index contributed by atoms with van der Waals surface area (Å²) in [6.45, 7) is 3.53. The van der Waals surface area contributed by atoms with Crippen molar-refractivity contribution in [3.05, 3.63) is 22.8 Å². The van der Waals surface area contributed by atoms with Crippen LogP contribution in [0.4, 0.5) is 5.82 Å². The summed E-state index contributed by atoms with van der Waals surface area (Å²) in [5, 5.41) is 0. The summed E-state index contributed by atoms with van der Waals surface area (Å²) in [7, 11) is -3.11. The van der Waals surface area contributed by atoms with Crippen LogP contribution in [0.15, 0.2) is 22.8 Å². The zero-order valence-corrected chi connectivity index (χ0v) is 14.0. The van der Waals surface area contributed by atoms with E-state index in [0.717, 1.165) is 36.2 Å². The van der Waals surface area contributed by atoms with Crippen LogP contribution in [0.5, 0.6) is 0 Å². The van der Waals surface area contributed by atoms with E-state index in [-0.39, 0.29) is 11.8 Å². The van der Waals surface area contributed by atoms with Crippen LogP contribution in [0.3, 0.4) is 0 Å². The molecule has 0 aromatic carbocycles. The molecule has 2 heterocycles. The molecule has 1 aromatic heterocycles. The first kappa shape index (κ1) is 15.7. The summed E-state index contributed by atoms with van der Waals surface area (Å²) < 4.78 is 27.2. The first-order valence-electron chi connectivity index (χ1n) is 6.86. The molecular formula is C13H20BrN3O2S. The highest BCUT2D eigenvalue weighted by atomic mass is 79.9. The molecule has 1 aromatic rings. The molecular weight excluding hydrogens is 342 g/mol. The molecule has 0 aliphatic carbocycles. The highest BCUT2D eigenvalue weighted by Crippen LogP contribution is 2.19. The van der Waals surface area contributed by atoms with E-state index >= 15 is 0 Å². The van der Waals surface area contributed by atoms with Gasteiger partial charge >= 0.3 is 0 Å². The summed E-state index contributed by atoms with van der Waals surface area (Å²) in [6.07, 6.45) is 4.07. The number of sulfonamides is 1. The first-order chi connectivity index (χ1) is 9.50. The number of anilines is 1. The van der Waals surface area contributed by atoms with Crippen LogP contribution in [0, 0.1) is 0 Å². The van der Waals surface area contributed by atoms with E-state index < -0.39 is 10.0 Å². The number of aromatic nitrogens is 1. The third-order valence-corrected chi connectivity index (χ3v) is 5.46. The lowest BCUT2D eigenvalue weighted by molar-refractivity contribution is 0.458. The Morgan fingerprint density at radius 2 is 2.10 bits per heavy atom. The number of hydrogen-bond donors (Lipinski definition) is 1. The molecule has 0 radical (unpaired) electrons. The maximum atomic E-state index is 11.7. The SMILES string of the molecule is CCCS(=O)(=O)NC1CCN(c2ccc(Br)cn2)CC1. The maximum Gasteiger partial charge on any atom is 0.211 e. The highest BCUT2D eigenvalue weighted by molar-refractivity contribution is 9.10. The van der Waals surface area contributed by atoms with Gasteiger partial charge in [0.2, 0.25) is 10.0 Å². The average molecular weight is 362 g/mol. The molecule has 5 nitrogen and oxygen atoms in total. The minimum atomic E-state index is -3.11. The minimum absolute atomic E-state index is 0.0539. The Labute approximate surface area is 129 Å². The third-order valence-electron chi connectivity index (χ3n) is 3.35. The van der Waals surface area contributed by atoms with Crippen molar-refractivity contribution in [2.75, 3.05) is 23.7 Å². The van der Waals surface area contributed by atoms with Crippen LogP contribution in [0.1, 0.15) is 26.2 Å². The second-order valence-corrected chi connectivity index (χ2v) is 7.82. The van der Waals surface area contributed by atoms with Crippen molar-refractivity contribution >= 4 is 31.8 Å². The first-order valence-corrected chi connectivity index (χ1v) is 9.31. The molecule has 0 unspecified atom stereocenters. The van der Waals surface area contributed by atoms with Gasteiger partial charge in [0.1, 0.15) is 5.82 Å². The van der Waals surface area contributed by atoms with Crippen molar-refractivity contribution in [2.24, 2.45) is 0 Å². The summed E-state index contributed by atoms with van der Waals surface area (Å²) in [6, 6.07) is 4.00. The monoisotopic (exact) mass is 361 g/mol. The summed E-state index contributed by atoms with van der Waals surface area (Å²) >= 11 is 3.37. The van der Waals surface area contributed by atoms with Gasteiger partial charge in [-0.2, -0.15) is 0 Å². The van der Waals surface area contributed by atoms with Gasteiger partial charge < -0.3 is 4.90 Å². The Balaban J connectivity index is 1.88. The molecule has 0 amide bonds. The molecule has 1 N–H and O–H groups in total. The lowest BCUT2D eigenvalue weighted by atomic mass is 10.1. The van der Waals surface area contributed by atoms with E-state index in [1.165, 1.54) is 0 Å². The fourth-order valence-corrected chi connectivity index (χ4v) is 4.00. The van der Waals surface area contributed by atoms with Gasteiger partial charge in [0.05, 0.1) is 5.75 Å². The molecule has 0 bridgehead atoms. The third kappa shape index (κ3) is 4.43. The number of hydrogen-bond acceptors (Lipinski definition) is 4. The minimum Gasteiger partial charge on any atom is -0.357 e. The Morgan fingerprint density at radius 1 is 1.40 bits per heavy atom. The fraction of sp³-hybridized carbons (Fsp3) is 0.615. The van der Waals surface area contributed by atoms with Crippen LogP contribution in [-0.4, -0.2) is 38.3 Å². The Morgan fingerprint density at radius 3 is 2.65 bits per heavy atom. The summed E-state index contributed by atoms with van der Waals surface area (Å²) in [5.74, 6) is 1.16. The van der Waals surface area contributed by atoms with Crippen molar-refractivity contribution in [3.63, 3.8) is 0 Å². The maximum absolute atomic E-state index is 11.7. The fourth-order valence-electron chi connectivity index (χ4n) is 2.36. The number of pyridine rings is 1. The molecule has 7 heteroatoms. The second kappa shape index (κ2) is 6.87. The van der Waals surface area contributed by atoms with Crippen molar-refractivity contribution in [2.45, 2.75) is 32.2 Å². The van der Waals surface area contributed by atoms with Crippen molar-refractivity contribution in [1.82, 2.24) is 9.71 Å². The van der Waals surface area contributed by atoms with Crippen LogP contribution in [0.25, 0.3) is 0 Å². The van der Waals surface area contributed by atoms with E-state index in [1.54, 1.807) is 6.20 Å². The van der Waals surface area contributed by atoms with Gasteiger partial charge in [-0.1, -0.05) is 6.92 Å². The molecule has 0 spiro atoms. The lowest BCUT2D eigenvalue weighted by Gasteiger charge is -2.33.